The zero-order valence-electron chi connectivity index (χ0n) is 18.6. The molecule has 32 heavy (non-hydrogen) atoms. The number of benzene rings is 1. The fraction of sp³-hybridized carbons (Fsp3) is 0.348. The summed E-state index contributed by atoms with van der Waals surface area (Å²) in [7, 11) is 0. The van der Waals surface area contributed by atoms with Crippen LogP contribution in [0.2, 0.25) is 0 Å². The van der Waals surface area contributed by atoms with Gasteiger partial charge in [-0.3, -0.25) is 14.8 Å². The molecule has 4 aromatic rings. The molecule has 5 rings (SSSR count). The number of rotatable bonds is 3. The highest BCUT2D eigenvalue weighted by molar-refractivity contribution is 6.12. The molecule has 0 saturated carbocycles. The van der Waals surface area contributed by atoms with Crippen LogP contribution in [0.1, 0.15) is 35.6 Å². The molecular formula is C23H26N8O. The van der Waals surface area contributed by atoms with E-state index in [9.17, 15) is 4.79 Å². The van der Waals surface area contributed by atoms with Crippen molar-refractivity contribution in [2.24, 2.45) is 0 Å². The number of piperazine rings is 1. The summed E-state index contributed by atoms with van der Waals surface area (Å²) in [6.45, 7) is 9.89. The summed E-state index contributed by atoms with van der Waals surface area (Å²) in [5.41, 5.74) is 5.19. The predicted molar refractivity (Wildman–Crippen MR) is 124 cm³/mol. The van der Waals surface area contributed by atoms with E-state index < -0.39 is 0 Å². The van der Waals surface area contributed by atoms with Crippen LogP contribution in [0.5, 0.6) is 0 Å². The zero-order chi connectivity index (χ0) is 22.4. The molecule has 1 amide bonds. The molecule has 1 aromatic carbocycles. The molecule has 2 atom stereocenters. The van der Waals surface area contributed by atoms with Crippen molar-refractivity contribution >= 4 is 34.1 Å². The first kappa shape index (κ1) is 20.3. The number of imidazole rings is 1. The van der Waals surface area contributed by atoms with E-state index in [1.165, 1.54) is 0 Å². The Hall–Kier alpha value is -3.59. The van der Waals surface area contributed by atoms with Crippen LogP contribution in [0, 0.1) is 13.8 Å². The van der Waals surface area contributed by atoms with Gasteiger partial charge < -0.3 is 19.9 Å². The summed E-state index contributed by atoms with van der Waals surface area (Å²) in [5, 5.41) is 6.46. The molecule has 1 saturated heterocycles. The normalized spacial score (nSPS) is 18.9. The van der Waals surface area contributed by atoms with E-state index >= 15 is 0 Å². The molecule has 0 spiro atoms. The highest BCUT2D eigenvalue weighted by Crippen LogP contribution is 2.28. The summed E-state index contributed by atoms with van der Waals surface area (Å²) >= 11 is 0. The lowest BCUT2D eigenvalue weighted by Crippen LogP contribution is -2.54. The van der Waals surface area contributed by atoms with Crippen molar-refractivity contribution in [3.63, 3.8) is 0 Å². The number of amides is 1. The van der Waals surface area contributed by atoms with Crippen LogP contribution >= 0.6 is 0 Å². The van der Waals surface area contributed by atoms with Gasteiger partial charge in [0.05, 0.1) is 28.8 Å². The third-order valence-corrected chi connectivity index (χ3v) is 5.71. The van der Waals surface area contributed by atoms with E-state index in [4.69, 9.17) is 0 Å². The fourth-order valence-electron chi connectivity index (χ4n) is 4.52. The molecule has 164 valence electrons. The van der Waals surface area contributed by atoms with Gasteiger partial charge in [0.15, 0.2) is 5.65 Å². The van der Waals surface area contributed by atoms with Gasteiger partial charge in [0.1, 0.15) is 16.9 Å². The molecule has 0 unspecified atom stereocenters. The fourth-order valence-corrected chi connectivity index (χ4v) is 4.52. The highest BCUT2D eigenvalue weighted by atomic mass is 16.1. The maximum absolute atomic E-state index is 13.2. The summed E-state index contributed by atoms with van der Waals surface area (Å²) < 4.78 is 1.88. The maximum atomic E-state index is 13.2. The number of nitrogens with one attached hydrogen (secondary N) is 2. The number of aromatic nitrogens is 5. The van der Waals surface area contributed by atoms with Gasteiger partial charge in [0.2, 0.25) is 0 Å². The molecular weight excluding hydrogens is 404 g/mol. The second kappa shape index (κ2) is 7.83. The van der Waals surface area contributed by atoms with E-state index in [0.717, 1.165) is 41.3 Å². The number of carbonyl (C=O) groups is 1. The van der Waals surface area contributed by atoms with Crippen LogP contribution in [-0.2, 0) is 0 Å². The molecule has 2 N–H and O–H groups in total. The van der Waals surface area contributed by atoms with Crippen LogP contribution in [0.15, 0.2) is 36.9 Å². The number of fused-ring (bicyclic) bond motifs is 2. The molecule has 0 bridgehead atoms. The lowest BCUT2D eigenvalue weighted by molar-refractivity contribution is 0.102. The van der Waals surface area contributed by atoms with Crippen LogP contribution in [0.3, 0.4) is 0 Å². The number of anilines is 2. The minimum Gasteiger partial charge on any atom is -0.367 e. The molecule has 9 nitrogen and oxygen atoms in total. The lowest BCUT2D eigenvalue weighted by atomic mass is 10.1. The molecule has 1 aliphatic heterocycles. The third-order valence-electron chi connectivity index (χ3n) is 5.71. The first-order chi connectivity index (χ1) is 15.4. The maximum Gasteiger partial charge on any atom is 0.259 e. The van der Waals surface area contributed by atoms with Crippen LogP contribution < -0.4 is 15.5 Å². The Morgan fingerprint density at radius 2 is 1.75 bits per heavy atom. The van der Waals surface area contributed by atoms with Crippen molar-refractivity contribution in [2.75, 3.05) is 23.3 Å². The Morgan fingerprint density at radius 1 is 1.03 bits per heavy atom. The van der Waals surface area contributed by atoms with Crippen molar-refractivity contribution in [3.8, 4) is 0 Å². The van der Waals surface area contributed by atoms with Crippen LogP contribution in [-0.4, -0.2) is 55.4 Å². The Bertz CT molecular complexity index is 1320. The number of hydrogen-bond donors (Lipinski definition) is 2. The summed E-state index contributed by atoms with van der Waals surface area (Å²) in [4.78, 5) is 33.6. The van der Waals surface area contributed by atoms with E-state index in [0.29, 0.717) is 29.0 Å². The van der Waals surface area contributed by atoms with Crippen LogP contribution in [0.4, 0.5) is 11.5 Å². The second-order valence-electron chi connectivity index (χ2n) is 8.54. The van der Waals surface area contributed by atoms with Crippen molar-refractivity contribution in [2.45, 2.75) is 39.8 Å². The molecule has 1 aliphatic rings. The third kappa shape index (κ3) is 3.64. The number of carbonyl (C=O) groups excluding carboxylic acids is 1. The van der Waals surface area contributed by atoms with Gasteiger partial charge in [0, 0.05) is 43.8 Å². The van der Waals surface area contributed by atoms with Crippen molar-refractivity contribution in [1.29, 1.82) is 0 Å². The summed E-state index contributed by atoms with van der Waals surface area (Å²) in [6, 6.07) is 4.53. The topological polar surface area (TPSA) is 100 Å². The Balaban J connectivity index is 1.50. The number of aryl methyl sites for hydroxylation is 2. The molecule has 0 aliphatic carbocycles. The standard InChI is InChI=1S/C23H26N8O/c1-13-9-30(10-14(2)26-13)18-6-5-17(20-21(18)25-8-7-24-20)23(32)29-19-12-31-11-15(3)27-22(31)16(4)28-19/h5-8,11-14,26H,9-10H2,1-4H3,(H,29,32)/t13-,14+. The minimum atomic E-state index is -0.271. The first-order valence-electron chi connectivity index (χ1n) is 10.8. The molecule has 9 heteroatoms. The zero-order valence-corrected chi connectivity index (χ0v) is 18.6. The van der Waals surface area contributed by atoms with Gasteiger partial charge in [0.25, 0.3) is 5.91 Å². The quantitative estimate of drug-likeness (QED) is 0.515. The smallest absolute Gasteiger partial charge is 0.259 e. The number of nitrogens with zero attached hydrogens (tertiary/aromatic N) is 6. The van der Waals surface area contributed by atoms with Crippen molar-refractivity contribution in [1.82, 2.24) is 29.7 Å². The van der Waals surface area contributed by atoms with E-state index in [-0.39, 0.29) is 5.91 Å². The summed E-state index contributed by atoms with van der Waals surface area (Å²) in [6.07, 6.45) is 6.97. The Labute approximate surface area is 185 Å². The van der Waals surface area contributed by atoms with Gasteiger partial charge in [-0.05, 0) is 39.8 Å². The molecule has 3 aromatic heterocycles. The lowest BCUT2D eigenvalue weighted by Gasteiger charge is -2.38. The highest BCUT2D eigenvalue weighted by Gasteiger charge is 2.24. The van der Waals surface area contributed by atoms with Gasteiger partial charge in [-0.25, -0.2) is 9.97 Å². The largest absolute Gasteiger partial charge is 0.367 e. The molecule has 4 heterocycles. The monoisotopic (exact) mass is 430 g/mol. The van der Waals surface area contributed by atoms with E-state index in [2.05, 4.69) is 49.3 Å². The number of hydrogen-bond acceptors (Lipinski definition) is 7. The van der Waals surface area contributed by atoms with Gasteiger partial charge in [-0.2, -0.15) is 0 Å². The van der Waals surface area contributed by atoms with E-state index in [1.807, 2.05) is 36.6 Å². The average molecular weight is 431 g/mol. The Kier molecular flexibility index (Phi) is 4.97. The molecule has 0 radical (unpaired) electrons. The minimum absolute atomic E-state index is 0.271. The van der Waals surface area contributed by atoms with Crippen LogP contribution in [0.25, 0.3) is 16.7 Å². The second-order valence-corrected chi connectivity index (χ2v) is 8.54. The first-order valence-corrected chi connectivity index (χ1v) is 10.8. The molecule has 1 fully saturated rings. The van der Waals surface area contributed by atoms with Crippen molar-refractivity contribution < 1.29 is 4.79 Å². The van der Waals surface area contributed by atoms with Gasteiger partial charge in [-0.1, -0.05) is 0 Å². The SMILES string of the molecule is Cc1cn2cc(NC(=O)c3ccc(N4C[C@@H](C)N[C@@H](C)C4)c4nccnc34)nc(C)c2n1. The van der Waals surface area contributed by atoms with Gasteiger partial charge >= 0.3 is 0 Å². The summed E-state index contributed by atoms with van der Waals surface area (Å²) in [5.74, 6) is 0.190. The van der Waals surface area contributed by atoms with Gasteiger partial charge in [-0.15, -0.1) is 0 Å². The van der Waals surface area contributed by atoms with Crippen molar-refractivity contribution in [3.05, 3.63) is 53.9 Å². The van der Waals surface area contributed by atoms with E-state index in [1.54, 1.807) is 18.6 Å². The Morgan fingerprint density at radius 3 is 2.50 bits per heavy atom. The predicted octanol–water partition coefficient (Wildman–Crippen LogP) is 2.73. The average Bonchev–Trinajstić information content (AvgIpc) is 3.13.